The second-order valence-electron chi connectivity index (χ2n) is 4.11. The van der Waals surface area contributed by atoms with Gasteiger partial charge in [-0.2, -0.15) is 0 Å². The SMILES string of the molecule is CCCn1c(SCCC(NCC)C(N)=O)n[nH]c1=O. The van der Waals surface area contributed by atoms with Crippen LogP contribution in [0.15, 0.2) is 9.95 Å². The second kappa shape index (κ2) is 8.00. The molecule has 1 aromatic rings. The van der Waals surface area contributed by atoms with Gasteiger partial charge in [-0.05, 0) is 19.4 Å². The lowest BCUT2D eigenvalue weighted by molar-refractivity contribution is -0.120. The number of nitrogens with two attached hydrogens (primary N) is 1. The highest BCUT2D eigenvalue weighted by atomic mass is 32.2. The molecule has 7 nitrogen and oxygen atoms in total. The predicted octanol–water partition coefficient (Wildman–Crippen LogP) is -0.0730. The van der Waals surface area contributed by atoms with Crippen molar-refractivity contribution in [2.75, 3.05) is 12.3 Å². The number of aromatic amines is 1. The van der Waals surface area contributed by atoms with E-state index in [0.29, 0.717) is 30.4 Å². The summed E-state index contributed by atoms with van der Waals surface area (Å²) in [5.41, 5.74) is 5.10. The maximum absolute atomic E-state index is 11.5. The zero-order valence-corrected chi connectivity index (χ0v) is 12.1. The van der Waals surface area contributed by atoms with Crippen molar-refractivity contribution in [1.29, 1.82) is 0 Å². The minimum Gasteiger partial charge on any atom is -0.368 e. The molecule has 0 aromatic carbocycles. The molecule has 1 atom stereocenters. The molecule has 0 saturated carbocycles. The highest BCUT2D eigenvalue weighted by Crippen LogP contribution is 2.15. The van der Waals surface area contributed by atoms with Crippen LogP contribution in [0.25, 0.3) is 0 Å². The number of hydrogen-bond donors (Lipinski definition) is 3. The molecule has 1 unspecified atom stereocenters. The van der Waals surface area contributed by atoms with Crippen molar-refractivity contribution in [3.05, 3.63) is 10.5 Å². The zero-order valence-electron chi connectivity index (χ0n) is 11.3. The summed E-state index contributed by atoms with van der Waals surface area (Å²) < 4.78 is 1.61. The van der Waals surface area contributed by atoms with Gasteiger partial charge in [0, 0.05) is 12.3 Å². The fourth-order valence-corrected chi connectivity index (χ4v) is 2.67. The standard InChI is InChI=1S/C11H21N5O2S/c1-3-6-16-10(18)14-15-11(16)19-7-5-8(9(12)17)13-4-2/h8,13H,3-7H2,1-2H3,(H2,12,17)(H,14,18). The number of rotatable bonds is 9. The van der Waals surface area contributed by atoms with Crippen LogP contribution in [0.1, 0.15) is 26.7 Å². The molecule has 0 saturated heterocycles. The van der Waals surface area contributed by atoms with E-state index >= 15 is 0 Å². The molecule has 0 aliphatic rings. The Morgan fingerprint density at radius 1 is 1.58 bits per heavy atom. The molecule has 0 aliphatic carbocycles. The van der Waals surface area contributed by atoms with Crippen molar-refractivity contribution in [3.8, 4) is 0 Å². The van der Waals surface area contributed by atoms with Crippen LogP contribution in [0.4, 0.5) is 0 Å². The summed E-state index contributed by atoms with van der Waals surface area (Å²) in [6.07, 6.45) is 1.48. The lowest BCUT2D eigenvalue weighted by Crippen LogP contribution is -2.41. The Hall–Kier alpha value is -1.28. The van der Waals surface area contributed by atoms with Crippen molar-refractivity contribution < 1.29 is 4.79 Å². The molecule has 0 bridgehead atoms. The van der Waals surface area contributed by atoms with Crippen LogP contribution in [0, 0.1) is 0 Å². The van der Waals surface area contributed by atoms with Crippen LogP contribution in [-0.4, -0.2) is 39.0 Å². The van der Waals surface area contributed by atoms with Gasteiger partial charge in [0.2, 0.25) is 5.91 Å². The third kappa shape index (κ3) is 4.71. The van der Waals surface area contributed by atoms with Crippen molar-refractivity contribution in [1.82, 2.24) is 20.1 Å². The van der Waals surface area contributed by atoms with E-state index in [0.717, 1.165) is 6.42 Å². The van der Waals surface area contributed by atoms with Gasteiger partial charge in [0.05, 0.1) is 6.04 Å². The van der Waals surface area contributed by atoms with Gasteiger partial charge >= 0.3 is 5.69 Å². The number of hydrogen-bond acceptors (Lipinski definition) is 5. The number of H-pyrrole nitrogens is 1. The third-order valence-corrected chi connectivity index (χ3v) is 3.61. The van der Waals surface area contributed by atoms with E-state index in [2.05, 4.69) is 15.5 Å². The fraction of sp³-hybridized carbons (Fsp3) is 0.727. The number of nitrogens with one attached hydrogen (secondary N) is 2. The van der Waals surface area contributed by atoms with Crippen molar-refractivity contribution in [2.45, 2.75) is 44.4 Å². The Bertz CT molecular complexity index is 456. The topological polar surface area (TPSA) is 106 Å². The number of aromatic nitrogens is 3. The summed E-state index contributed by atoms with van der Waals surface area (Å²) in [5.74, 6) is 0.324. The van der Waals surface area contributed by atoms with Crippen LogP contribution in [0.2, 0.25) is 0 Å². The number of likely N-dealkylation sites (N-methyl/N-ethyl adjacent to an activating group) is 1. The van der Waals surface area contributed by atoms with Crippen LogP contribution in [0.3, 0.4) is 0 Å². The first-order valence-electron chi connectivity index (χ1n) is 6.40. The summed E-state index contributed by atoms with van der Waals surface area (Å²) in [6, 6.07) is -0.331. The average molecular weight is 287 g/mol. The molecule has 1 amide bonds. The summed E-state index contributed by atoms with van der Waals surface area (Å²) in [6.45, 7) is 5.27. The van der Waals surface area contributed by atoms with E-state index in [4.69, 9.17) is 5.73 Å². The molecule has 108 valence electrons. The van der Waals surface area contributed by atoms with Crippen LogP contribution >= 0.6 is 11.8 Å². The molecule has 4 N–H and O–H groups in total. The molecule has 0 radical (unpaired) electrons. The Balaban J connectivity index is 2.52. The van der Waals surface area contributed by atoms with Gasteiger partial charge in [0.25, 0.3) is 0 Å². The van der Waals surface area contributed by atoms with Gasteiger partial charge in [-0.15, -0.1) is 5.10 Å². The largest absolute Gasteiger partial charge is 0.368 e. The van der Waals surface area contributed by atoms with Gasteiger partial charge in [0.15, 0.2) is 5.16 Å². The molecule has 1 rings (SSSR count). The number of amides is 1. The molecule has 19 heavy (non-hydrogen) atoms. The zero-order chi connectivity index (χ0) is 14.3. The Labute approximate surface area is 116 Å². The number of thioether (sulfide) groups is 1. The van der Waals surface area contributed by atoms with Crippen molar-refractivity contribution >= 4 is 17.7 Å². The van der Waals surface area contributed by atoms with Gasteiger partial charge < -0.3 is 11.1 Å². The fourth-order valence-electron chi connectivity index (χ4n) is 1.69. The lowest BCUT2D eigenvalue weighted by Gasteiger charge is -2.13. The predicted molar refractivity (Wildman–Crippen MR) is 75.1 cm³/mol. The molecule has 0 spiro atoms. The van der Waals surface area contributed by atoms with Gasteiger partial charge in [-0.1, -0.05) is 25.6 Å². The summed E-state index contributed by atoms with van der Waals surface area (Å²) >= 11 is 1.45. The minimum atomic E-state index is -0.351. The molecule has 1 heterocycles. The first-order chi connectivity index (χ1) is 9.10. The molecular formula is C11H21N5O2S. The molecular weight excluding hydrogens is 266 g/mol. The number of primary amides is 1. The number of carbonyl (C=O) groups is 1. The van der Waals surface area contributed by atoms with Crippen LogP contribution in [0.5, 0.6) is 0 Å². The summed E-state index contributed by atoms with van der Waals surface area (Å²) in [5, 5.41) is 10.1. The maximum atomic E-state index is 11.5. The van der Waals surface area contributed by atoms with Gasteiger partial charge in [-0.3, -0.25) is 9.36 Å². The molecule has 1 aromatic heterocycles. The summed E-state index contributed by atoms with van der Waals surface area (Å²) in [4.78, 5) is 22.7. The molecule has 0 aliphatic heterocycles. The quantitative estimate of drug-likeness (QED) is 0.551. The smallest absolute Gasteiger partial charge is 0.343 e. The number of carbonyl (C=O) groups excluding carboxylic acids is 1. The van der Waals surface area contributed by atoms with E-state index < -0.39 is 0 Å². The Morgan fingerprint density at radius 3 is 2.89 bits per heavy atom. The van der Waals surface area contributed by atoms with Gasteiger partial charge in [-0.25, -0.2) is 9.89 Å². The van der Waals surface area contributed by atoms with E-state index in [-0.39, 0.29) is 17.6 Å². The Kier molecular flexibility index (Phi) is 6.65. The van der Waals surface area contributed by atoms with E-state index in [1.165, 1.54) is 11.8 Å². The lowest BCUT2D eigenvalue weighted by atomic mass is 10.2. The monoisotopic (exact) mass is 287 g/mol. The molecule has 8 heteroatoms. The highest BCUT2D eigenvalue weighted by Gasteiger charge is 2.14. The van der Waals surface area contributed by atoms with Crippen molar-refractivity contribution in [2.24, 2.45) is 5.73 Å². The Morgan fingerprint density at radius 2 is 2.32 bits per heavy atom. The van der Waals surface area contributed by atoms with E-state index in [1.54, 1.807) is 4.57 Å². The first-order valence-corrected chi connectivity index (χ1v) is 7.39. The first kappa shape index (κ1) is 15.8. The molecule has 0 fully saturated rings. The minimum absolute atomic E-state index is 0.192. The summed E-state index contributed by atoms with van der Waals surface area (Å²) in [7, 11) is 0. The second-order valence-corrected chi connectivity index (χ2v) is 5.17. The third-order valence-electron chi connectivity index (χ3n) is 2.60. The van der Waals surface area contributed by atoms with Crippen LogP contribution < -0.4 is 16.7 Å². The average Bonchev–Trinajstić information content (AvgIpc) is 2.71. The van der Waals surface area contributed by atoms with E-state index in [9.17, 15) is 9.59 Å². The van der Waals surface area contributed by atoms with Crippen LogP contribution in [-0.2, 0) is 11.3 Å². The van der Waals surface area contributed by atoms with E-state index in [1.807, 2.05) is 13.8 Å². The number of nitrogens with zero attached hydrogens (tertiary/aromatic N) is 2. The van der Waals surface area contributed by atoms with Crippen molar-refractivity contribution in [3.63, 3.8) is 0 Å². The highest BCUT2D eigenvalue weighted by molar-refractivity contribution is 7.99. The normalized spacial score (nSPS) is 12.5. The maximum Gasteiger partial charge on any atom is 0.343 e. The van der Waals surface area contributed by atoms with Gasteiger partial charge in [0.1, 0.15) is 0 Å².